The van der Waals surface area contributed by atoms with Gasteiger partial charge in [-0.2, -0.15) is 23.2 Å². The molecule has 0 spiro atoms. The summed E-state index contributed by atoms with van der Waals surface area (Å²) in [5, 5.41) is 2.87. The molecule has 0 aliphatic heterocycles. The Bertz CT molecular complexity index is 480. The number of nitrogens with zero attached hydrogens (tertiary/aromatic N) is 1. The summed E-state index contributed by atoms with van der Waals surface area (Å²) in [6.07, 6.45) is 2.22. The zero-order valence-electron chi connectivity index (χ0n) is 9.52. The molecule has 0 aliphatic carbocycles. The summed E-state index contributed by atoms with van der Waals surface area (Å²) in [5.74, 6) is 2.71. The first-order chi connectivity index (χ1) is 7.59. The minimum atomic E-state index is -4.43. The highest BCUT2D eigenvalue weighted by atomic mass is 35.5. The smallest absolute Gasteiger partial charge is 0.246 e. The molecule has 0 atom stereocenters. The molecular weight excluding hydrogens is 271 g/mol. The molecule has 0 aliphatic rings. The van der Waals surface area contributed by atoms with Gasteiger partial charge in [0.15, 0.2) is 0 Å². The van der Waals surface area contributed by atoms with Gasteiger partial charge in [-0.3, -0.25) is 0 Å². The van der Waals surface area contributed by atoms with Crippen LogP contribution in [0.4, 0.5) is 13.2 Å². The molecule has 0 fully saturated rings. The molecule has 1 nitrogen and oxygen atoms in total. The van der Waals surface area contributed by atoms with Gasteiger partial charge < -0.3 is 0 Å². The minimum absolute atomic E-state index is 0.0732. The number of aromatic nitrogens is 1. The van der Waals surface area contributed by atoms with Crippen LogP contribution in [0.3, 0.4) is 0 Å². The highest BCUT2D eigenvalue weighted by molar-refractivity contribution is 8.35. The fourth-order valence-corrected chi connectivity index (χ4v) is 1.50. The fourth-order valence-electron chi connectivity index (χ4n) is 0.886. The van der Waals surface area contributed by atoms with E-state index in [-0.39, 0.29) is 10.7 Å². The summed E-state index contributed by atoms with van der Waals surface area (Å²) in [6, 6.07) is 0.844. The molecule has 0 unspecified atom stereocenters. The second-order valence-electron chi connectivity index (χ2n) is 4.12. The lowest BCUT2D eigenvalue weighted by molar-refractivity contribution is -0.137. The van der Waals surface area contributed by atoms with Crippen LogP contribution in [-0.4, -0.2) is 23.8 Å². The average molecular weight is 282 g/mol. The predicted octanol–water partition coefficient (Wildman–Crippen LogP) is 3.76. The van der Waals surface area contributed by atoms with Crippen molar-refractivity contribution in [2.24, 2.45) is 0 Å². The van der Waals surface area contributed by atoms with E-state index in [0.717, 1.165) is 12.3 Å². The third-order valence-corrected chi connectivity index (χ3v) is 2.65. The molecule has 1 heterocycles. The Morgan fingerprint density at radius 1 is 1.29 bits per heavy atom. The van der Waals surface area contributed by atoms with Gasteiger partial charge in [0, 0.05) is 6.20 Å². The zero-order valence-corrected chi connectivity index (χ0v) is 11.1. The Balaban J connectivity index is 3.10. The van der Waals surface area contributed by atoms with E-state index in [1.807, 2.05) is 18.8 Å². The Labute approximate surface area is 105 Å². The standard InChI is InChI=1S/C11H11ClF3NS/c1-17(2,3)5-4-10-9(12)6-8(7-16-10)11(13,14)15/h6-7H,1-3H3. The molecule has 6 heteroatoms. The van der Waals surface area contributed by atoms with E-state index >= 15 is 0 Å². The van der Waals surface area contributed by atoms with Crippen molar-refractivity contribution in [3.8, 4) is 11.2 Å². The maximum Gasteiger partial charge on any atom is 0.417 e. The van der Waals surface area contributed by atoms with Crippen molar-refractivity contribution < 1.29 is 13.2 Å². The molecule has 1 aromatic heterocycles. The molecule has 0 radical (unpaired) electrons. The molecule has 94 valence electrons. The Hall–Kier alpha value is -0.860. The van der Waals surface area contributed by atoms with Gasteiger partial charge in [0.2, 0.25) is 0 Å². The first-order valence-electron chi connectivity index (χ1n) is 4.53. The van der Waals surface area contributed by atoms with Crippen LogP contribution in [0.2, 0.25) is 5.02 Å². The van der Waals surface area contributed by atoms with Crippen LogP contribution in [0.25, 0.3) is 0 Å². The van der Waals surface area contributed by atoms with Gasteiger partial charge in [0.1, 0.15) is 5.69 Å². The van der Waals surface area contributed by atoms with Crippen LogP contribution < -0.4 is 0 Å². The largest absolute Gasteiger partial charge is 0.417 e. The SMILES string of the molecule is CS(C)(C)C#Cc1ncc(C(F)(F)F)cc1Cl. The molecule has 1 rings (SSSR count). The summed E-state index contributed by atoms with van der Waals surface area (Å²) < 4.78 is 37.0. The second-order valence-corrected chi connectivity index (χ2v) is 8.40. The number of hydrogen-bond donors (Lipinski definition) is 0. The number of halogens is 4. The third-order valence-electron chi connectivity index (χ3n) is 1.64. The lowest BCUT2D eigenvalue weighted by Gasteiger charge is -2.14. The highest BCUT2D eigenvalue weighted by Crippen LogP contribution is 2.33. The topological polar surface area (TPSA) is 12.9 Å². The normalized spacial score (nSPS) is 12.9. The van der Waals surface area contributed by atoms with E-state index in [9.17, 15) is 13.2 Å². The Morgan fingerprint density at radius 3 is 2.29 bits per heavy atom. The van der Waals surface area contributed by atoms with Gasteiger partial charge >= 0.3 is 6.18 Å². The maximum absolute atomic E-state index is 12.3. The van der Waals surface area contributed by atoms with Crippen LogP contribution in [0.1, 0.15) is 11.3 Å². The molecule has 0 bridgehead atoms. The van der Waals surface area contributed by atoms with Crippen molar-refractivity contribution in [3.05, 3.63) is 28.5 Å². The van der Waals surface area contributed by atoms with E-state index in [2.05, 4.69) is 16.2 Å². The van der Waals surface area contributed by atoms with Gasteiger partial charge in [-0.15, -0.1) is 0 Å². The van der Waals surface area contributed by atoms with Crippen molar-refractivity contribution in [2.75, 3.05) is 18.8 Å². The fraction of sp³-hybridized carbons (Fsp3) is 0.364. The number of pyridine rings is 1. The van der Waals surface area contributed by atoms with Crippen LogP contribution >= 0.6 is 21.6 Å². The Morgan fingerprint density at radius 2 is 1.88 bits per heavy atom. The van der Waals surface area contributed by atoms with Gasteiger partial charge in [-0.1, -0.05) is 11.6 Å². The van der Waals surface area contributed by atoms with Crippen LogP contribution in [0.5, 0.6) is 0 Å². The Kier molecular flexibility index (Phi) is 4.00. The van der Waals surface area contributed by atoms with Crippen LogP contribution in [0, 0.1) is 11.2 Å². The van der Waals surface area contributed by atoms with E-state index in [0.29, 0.717) is 0 Å². The predicted molar refractivity (Wildman–Crippen MR) is 66.5 cm³/mol. The minimum Gasteiger partial charge on any atom is -0.246 e. The van der Waals surface area contributed by atoms with Gasteiger partial charge in [0.25, 0.3) is 0 Å². The van der Waals surface area contributed by atoms with Crippen molar-refractivity contribution in [1.29, 1.82) is 0 Å². The molecule has 0 amide bonds. The second kappa shape index (κ2) is 4.79. The first-order valence-corrected chi connectivity index (χ1v) is 7.77. The summed E-state index contributed by atoms with van der Waals surface area (Å²) in [7, 11) is -1.06. The summed E-state index contributed by atoms with van der Waals surface area (Å²) >= 11 is 5.71. The van der Waals surface area contributed by atoms with Gasteiger partial charge in [-0.25, -0.2) is 4.98 Å². The zero-order chi connectivity index (χ0) is 13.3. The molecule has 1 aromatic rings. The van der Waals surface area contributed by atoms with E-state index < -0.39 is 21.8 Å². The van der Waals surface area contributed by atoms with Crippen molar-refractivity contribution in [1.82, 2.24) is 4.98 Å². The molecular formula is C11H11ClF3NS. The van der Waals surface area contributed by atoms with E-state index in [1.54, 1.807) is 0 Å². The van der Waals surface area contributed by atoms with E-state index in [1.165, 1.54) is 0 Å². The first kappa shape index (κ1) is 14.2. The molecule has 0 saturated carbocycles. The maximum atomic E-state index is 12.3. The summed E-state index contributed by atoms with van der Waals surface area (Å²) in [4.78, 5) is 3.64. The van der Waals surface area contributed by atoms with E-state index in [4.69, 9.17) is 11.6 Å². The monoisotopic (exact) mass is 281 g/mol. The van der Waals surface area contributed by atoms with Gasteiger partial charge in [0.05, 0.1) is 10.6 Å². The van der Waals surface area contributed by atoms with Crippen molar-refractivity contribution in [3.63, 3.8) is 0 Å². The van der Waals surface area contributed by atoms with Crippen LogP contribution in [-0.2, 0) is 6.18 Å². The molecule has 17 heavy (non-hydrogen) atoms. The highest BCUT2D eigenvalue weighted by Gasteiger charge is 2.31. The quantitative estimate of drug-likeness (QED) is 0.660. The molecule has 0 N–H and O–H groups in total. The summed E-state index contributed by atoms with van der Waals surface area (Å²) in [5.41, 5.74) is -0.682. The molecule has 0 aromatic carbocycles. The van der Waals surface area contributed by atoms with Gasteiger partial charge in [-0.05, 0) is 36.0 Å². The number of alkyl halides is 3. The van der Waals surface area contributed by atoms with Crippen molar-refractivity contribution >= 4 is 21.6 Å². The molecule has 0 saturated heterocycles. The van der Waals surface area contributed by atoms with Crippen molar-refractivity contribution in [2.45, 2.75) is 6.18 Å². The third kappa shape index (κ3) is 4.49. The summed E-state index contributed by atoms with van der Waals surface area (Å²) in [6.45, 7) is 0. The number of rotatable bonds is 0. The lowest BCUT2D eigenvalue weighted by atomic mass is 10.2. The lowest BCUT2D eigenvalue weighted by Crippen LogP contribution is -2.06. The van der Waals surface area contributed by atoms with Crippen LogP contribution in [0.15, 0.2) is 12.3 Å². The average Bonchev–Trinajstić information content (AvgIpc) is 2.12. The number of hydrogen-bond acceptors (Lipinski definition) is 1.